The van der Waals surface area contributed by atoms with Crippen LogP contribution in [0, 0.1) is 0 Å². The number of hydroxylamine groups is 2. The van der Waals surface area contributed by atoms with Gasteiger partial charge in [0.1, 0.15) is 34.8 Å². The Bertz CT molecular complexity index is 2750. The van der Waals surface area contributed by atoms with Crippen LogP contribution in [0.2, 0.25) is 0 Å². The Labute approximate surface area is 379 Å². The van der Waals surface area contributed by atoms with Crippen molar-refractivity contribution >= 4 is 59.9 Å². The molecule has 65 heavy (non-hydrogen) atoms. The molecule has 18 nitrogen and oxygen atoms in total. The number of carbonyl (C=O) groups excluding carboxylic acids is 3. The molecule has 3 aliphatic heterocycles. The van der Waals surface area contributed by atoms with Gasteiger partial charge in [-0.1, -0.05) is 39.0 Å². The number of benzene rings is 2. The Morgan fingerprint density at radius 2 is 1.55 bits per heavy atom. The summed E-state index contributed by atoms with van der Waals surface area (Å²) in [5.74, 6) is -2.27. The van der Waals surface area contributed by atoms with Crippen molar-refractivity contribution in [1.82, 2.24) is 9.64 Å². The summed E-state index contributed by atoms with van der Waals surface area (Å²) in [6, 6.07) is 11.4. The van der Waals surface area contributed by atoms with E-state index in [-0.39, 0.29) is 63.5 Å². The van der Waals surface area contributed by atoms with E-state index in [9.17, 15) is 53.3 Å². The van der Waals surface area contributed by atoms with Crippen molar-refractivity contribution in [2.75, 3.05) is 49.8 Å². The van der Waals surface area contributed by atoms with E-state index in [1.807, 2.05) is 28.8 Å². The van der Waals surface area contributed by atoms with E-state index in [1.165, 1.54) is 12.1 Å². The van der Waals surface area contributed by atoms with E-state index in [0.29, 0.717) is 46.7 Å². The molecule has 0 spiro atoms. The Kier molecular flexibility index (Phi) is 16.2. The van der Waals surface area contributed by atoms with Gasteiger partial charge in [-0.3, -0.25) is 9.59 Å². The van der Waals surface area contributed by atoms with Crippen molar-refractivity contribution in [2.45, 2.75) is 88.4 Å². The summed E-state index contributed by atoms with van der Waals surface area (Å²) in [5.41, 5.74) is 1.80. The third-order valence-corrected chi connectivity index (χ3v) is 13.5. The average Bonchev–Trinajstić information content (AvgIpc) is 3.63. The maximum atomic E-state index is 12.8. The van der Waals surface area contributed by atoms with E-state index in [4.69, 9.17) is 14.0 Å². The SMILES string of the molecule is COCC[N+](CCCS(=O)(=O)[O-])=c1ccc2c(C(C)(C)C)cc(/C=C/C=C/C=C3/N(CCCS(=O)(=O)[O-])c4ccc(S(=O)(=O)[O-])cc4C3(C)CCCC(=O)ON3C(=O)CCC3=O)oc-2c1. The highest BCUT2D eigenvalue weighted by molar-refractivity contribution is 7.86. The van der Waals surface area contributed by atoms with Crippen molar-refractivity contribution in [2.24, 2.45) is 0 Å². The van der Waals surface area contributed by atoms with Gasteiger partial charge in [-0.25, -0.2) is 34.6 Å². The van der Waals surface area contributed by atoms with Gasteiger partial charge in [-0.15, -0.1) is 5.06 Å². The lowest BCUT2D eigenvalue weighted by Gasteiger charge is -2.30. The second-order valence-electron chi connectivity index (χ2n) is 17.0. The number of rotatable bonds is 20. The highest BCUT2D eigenvalue weighted by atomic mass is 32.2. The molecule has 1 unspecified atom stereocenters. The molecule has 0 N–H and O–H groups in total. The molecular weight excluding hydrogens is 907 g/mol. The second-order valence-corrected chi connectivity index (χ2v) is 21.4. The standard InChI is InChI=1S/C44H55N3O15S3/c1-43(2,3)35-29-32(61-38-28-31(15-17-34(35)38)45(24-25-60-5)22-10-26-63(51,52)53)12-7-6-8-13-39-44(4,21-9-14-42(50)62-47-40(48)19-20-41(47)49)36-30-33(65(57,58)59)16-18-37(36)46(39)23-11-27-64(54,55)56/h6-8,12-13,15-18,28-30H,9-11,14,19-27H2,1-5H3,(H2-,51,52,53,54,55,56,57,58,59)/p-2. The summed E-state index contributed by atoms with van der Waals surface area (Å²) >= 11 is 0. The molecule has 2 amide bonds. The normalized spacial score (nSPS) is 18.5. The molecule has 0 bridgehead atoms. The number of hydrogen-bond acceptors (Lipinski definition) is 16. The van der Waals surface area contributed by atoms with Gasteiger partial charge >= 0.3 is 5.97 Å². The van der Waals surface area contributed by atoms with E-state index in [1.54, 1.807) is 49.3 Å². The highest BCUT2D eigenvalue weighted by Crippen LogP contribution is 2.51. The molecular formula is C44H53N3O15S3-2. The van der Waals surface area contributed by atoms with Crippen LogP contribution >= 0.6 is 0 Å². The average molecular weight is 960 g/mol. The Morgan fingerprint density at radius 1 is 0.877 bits per heavy atom. The number of imide groups is 1. The van der Waals surface area contributed by atoms with Crippen molar-refractivity contribution in [3.05, 3.63) is 94.7 Å². The molecule has 21 heteroatoms. The fourth-order valence-corrected chi connectivity index (χ4v) is 9.40. The minimum Gasteiger partial charge on any atom is -0.748 e. The number of amides is 2. The largest absolute Gasteiger partial charge is 0.748 e. The first-order valence-electron chi connectivity index (χ1n) is 20.8. The monoisotopic (exact) mass is 959 g/mol. The summed E-state index contributed by atoms with van der Waals surface area (Å²) in [6.45, 7) is 9.04. The van der Waals surface area contributed by atoms with Crippen molar-refractivity contribution < 1.29 is 67.3 Å². The zero-order chi connectivity index (χ0) is 48.0. The lowest BCUT2D eigenvalue weighted by molar-refractivity contribution is -0.197. The third-order valence-electron chi connectivity index (χ3n) is 11.1. The predicted molar refractivity (Wildman–Crippen MR) is 236 cm³/mol. The van der Waals surface area contributed by atoms with Crippen LogP contribution in [0.4, 0.5) is 5.69 Å². The topological polar surface area (TPSA) is 264 Å². The first-order chi connectivity index (χ1) is 30.3. The number of carbonyl (C=O) groups is 3. The summed E-state index contributed by atoms with van der Waals surface area (Å²) in [4.78, 5) is 43.1. The molecule has 1 saturated heterocycles. The van der Waals surface area contributed by atoms with Crippen LogP contribution in [-0.2, 0) is 65.1 Å². The highest BCUT2D eigenvalue weighted by Gasteiger charge is 2.43. The van der Waals surface area contributed by atoms with E-state index in [0.717, 1.165) is 22.6 Å². The Morgan fingerprint density at radius 3 is 2.18 bits per heavy atom. The van der Waals surface area contributed by atoms with Crippen LogP contribution in [0.25, 0.3) is 17.4 Å². The number of methoxy groups -OCH3 is 1. The van der Waals surface area contributed by atoms with Crippen LogP contribution in [-0.4, -0.2) is 107 Å². The lowest BCUT2D eigenvalue weighted by Crippen LogP contribution is -2.34. The number of ether oxygens (including phenoxy) is 1. The first kappa shape index (κ1) is 51.0. The summed E-state index contributed by atoms with van der Waals surface area (Å²) in [5, 5.41) is 1.18. The molecule has 1 aliphatic carbocycles. The van der Waals surface area contributed by atoms with Gasteiger partial charge in [0.2, 0.25) is 5.36 Å². The van der Waals surface area contributed by atoms with Crippen molar-refractivity contribution in [3.8, 4) is 11.3 Å². The van der Waals surface area contributed by atoms with Gasteiger partial charge in [-0.2, -0.15) is 0 Å². The molecule has 4 aliphatic rings. The predicted octanol–water partition coefficient (Wildman–Crippen LogP) is 3.88. The molecule has 0 saturated carbocycles. The number of allylic oxidation sites excluding steroid dienone is 5. The van der Waals surface area contributed by atoms with Gasteiger partial charge in [0.15, 0.2) is 6.54 Å². The van der Waals surface area contributed by atoms with Crippen LogP contribution in [0.15, 0.2) is 81.8 Å². The molecule has 1 atom stereocenters. The zero-order valence-corrected chi connectivity index (χ0v) is 39.3. The molecule has 1 aromatic carbocycles. The van der Waals surface area contributed by atoms with Gasteiger partial charge in [0, 0.05) is 79.3 Å². The smallest absolute Gasteiger partial charge is 0.333 e. The summed E-state index contributed by atoms with van der Waals surface area (Å²) in [7, 11) is -12.4. The van der Waals surface area contributed by atoms with Crippen LogP contribution < -0.4 is 14.8 Å². The molecule has 3 heterocycles. The third kappa shape index (κ3) is 13.5. The quantitative estimate of drug-likeness (QED) is 0.0673. The minimum atomic E-state index is -4.92. The Hall–Kier alpha value is -5.03. The van der Waals surface area contributed by atoms with E-state index < -0.39 is 70.0 Å². The molecule has 5 rings (SSSR count). The number of nitrogens with zero attached hydrogens (tertiary/aromatic N) is 3. The fourth-order valence-electron chi connectivity index (χ4n) is 7.94. The van der Waals surface area contributed by atoms with E-state index in [2.05, 4.69) is 20.8 Å². The minimum absolute atomic E-state index is 0.0123. The lowest BCUT2D eigenvalue weighted by atomic mass is 9.77. The maximum Gasteiger partial charge on any atom is 0.333 e. The summed E-state index contributed by atoms with van der Waals surface area (Å²) in [6.07, 6.45) is 8.46. The van der Waals surface area contributed by atoms with Crippen LogP contribution in [0.1, 0.15) is 89.5 Å². The van der Waals surface area contributed by atoms with Crippen molar-refractivity contribution in [1.29, 1.82) is 0 Å². The summed E-state index contributed by atoms with van der Waals surface area (Å²) < 4.78 is 119. The maximum absolute atomic E-state index is 12.8. The van der Waals surface area contributed by atoms with E-state index >= 15 is 0 Å². The first-order valence-corrected chi connectivity index (χ1v) is 25.4. The van der Waals surface area contributed by atoms with Crippen LogP contribution in [0.3, 0.4) is 0 Å². The van der Waals surface area contributed by atoms with Gasteiger partial charge < -0.3 is 32.5 Å². The molecule has 1 aromatic rings. The Balaban J connectivity index is 1.52. The van der Waals surface area contributed by atoms with Gasteiger partial charge in [-0.05, 0) is 85.2 Å². The number of hydrogen-bond donors (Lipinski definition) is 0. The second kappa shape index (κ2) is 20.6. The molecule has 0 aromatic heterocycles. The number of anilines is 1. The van der Waals surface area contributed by atoms with Gasteiger partial charge in [0.05, 0.1) is 31.2 Å². The fraction of sp³-hybridized carbons (Fsp3) is 0.455. The number of fused-ring (bicyclic) bond motifs is 2. The van der Waals surface area contributed by atoms with Crippen molar-refractivity contribution in [3.63, 3.8) is 0 Å². The van der Waals surface area contributed by atoms with Gasteiger partial charge in [0.25, 0.3) is 11.8 Å². The molecule has 0 radical (unpaired) electrons. The zero-order valence-electron chi connectivity index (χ0n) is 36.8. The molecule has 1 fully saturated rings. The van der Waals surface area contributed by atoms with Crippen LogP contribution in [0.5, 0.6) is 0 Å². The molecule has 354 valence electrons.